The van der Waals surface area contributed by atoms with Gasteiger partial charge in [0.15, 0.2) is 0 Å². The highest BCUT2D eigenvalue weighted by Crippen LogP contribution is 2.37. The zero-order valence-electron chi connectivity index (χ0n) is 16.9. The van der Waals surface area contributed by atoms with E-state index in [1.54, 1.807) is 0 Å². The van der Waals surface area contributed by atoms with Crippen molar-refractivity contribution < 1.29 is 9.59 Å². The second-order valence-corrected chi connectivity index (χ2v) is 8.91. The molecule has 2 aromatic heterocycles. The monoisotopic (exact) mass is 400 g/mol. The molecule has 2 aliphatic heterocycles. The highest BCUT2D eigenvalue weighted by molar-refractivity contribution is 7.12. The smallest absolute Gasteiger partial charge is 0.263 e. The summed E-state index contributed by atoms with van der Waals surface area (Å²) in [5, 5.41) is 6.48. The molecule has 4 rings (SSSR count). The summed E-state index contributed by atoms with van der Waals surface area (Å²) in [4.78, 5) is 30.8. The van der Waals surface area contributed by atoms with Crippen molar-refractivity contribution in [2.45, 2.75) is 45.6 Å². The lowest BCUT2D eigenvalue weighted by Crippen LogP contribution is -2.46. The molecule has 0 aromatic carbocycles. The molecule has 0 bridgehead atoms. The van der Waals surface area contributed by atoms with Gasteiger partial charge in [0.05, 0.1) is 22.5 Å². The Morgan fingerprint density at radius 3 is 2.64 bits per heavy atom. The van der Waals surface area contributed by atoms with Crippen molar-refractivity contribution in [3.63, 3.8) is 0 Å². The van der Waals surface area contributed by atoms with E-state index in [2.05, 4.69) is 16.9 Å². The van der Waals surface area contributed by atoms with Crippen molar-refractivity contribution in [3.8, 4) is 0 Å². The zero-order valence-corrected chi connectivity index (χ0v) is 17.7. The number of likely N-dealkylation sites (tertiary alicyclic amines) is 2. The van der Waals surface area contributed by atoms with Gasteiger partial charge in [0, 0.05) is 37.9 Å². The molecule has 7 heteroatoms. The van der Waals surface area contributed by atoms with Crippen LogP contribution in [0.5, 0.6) is 0 Å². The van der Waals surface area contributed by atoms with E-state index in [-0.39, 0.29) is 23.8 Å². The first-order chi connectivity index (χ1) is 13.5. The number of hydrogen-bond acceptors (Lipinski definition) is 4. The third kappa shape index (κ3) is 3.36. The molecule has 0 aliphatic carbocycles. The Labute approximate surface area is 170 Å². The van der Waals surface area contributed by atoms with Gasteiger partial charge >= 0.3 is 0 Å². The molecule has 2 atom stereocenters. The predicted octanol–water partition coefficient (Wildman–Crippen LogP) is 3.31. The van der Waals surface area contributed by atoms with Crippen LogP contribution in [0.25, 0.3) is 0 Å². The van der Waals surface area contributed by atoms with E-state index in [0.29, 0.717) is 6.54 Å². The molecular weight excluding hydrogens is 372 g/mol. The Morgan fingerprint density at radius 2 is 1.96 bits per heavy atom. The first-order valence-corrected chi connectivity index (χ1v) is 11.0. The SMILES string of the molecule is Cc1nn(C)c(C)c1C1CCCN1C(=O)C1CCCN(C(=O)c2cccs2)C1. The van der Waals surface area contributed by atoms with Crippen molar-refractivity contribution in [3.05, 3.63) is 39.3 Å². The number of carbonyl (C=O) groups is 2. The average Bonchev–Trinajstić information content (AvgIpc) is 3.43. The zero-order chi connectivity index (χ0) is 19.8. The number of nitrogens with zero attached hydrogens (tertiary/aromatic N) is 4. The van der Waals surface area contributed by atoms with Crippen LogP contribution in [-0.4, -0.2) is 51.0 Å². The third-order valence-electron chi connectivity index (χ3n) is 6.22. The van der Waals surface area contributed by atoms with Crippen LogP contribution in [0.2, 0.25) is 0 Å². The molecule has 2 aliphatic rings. The number of aromatic nitrogens is 2. The first kappa shape index (κ1) is 19.2. The molecule has 4 heterocycles. The largest absolute Gasteiger partial charge is 0.337 e. The Morgan fingerprint density at radius 1 is 1.18 bits per heavy atom. The normalized spacial score (nSPS) is 22.7. The number of hydrogen-bond donors (Lipinski definition) is 0. The van der Waals surface area contributed by atoms with E-state index in [9.17, 15) is 9.59 Å². The Bertz CT molecular complexity index is 873. The van der Waals surface area contributed by atoms with Crippen LogP contribution in [0.4, 0.5) is 0 Å². The lowest BCUT2D eigenvalue weighted by molar-refractivity contribution is -0.138. The van der Waals surface area contributed by atoms with Crippen LogP contribution in [0.3, 0.4) is 0 Å². The molecule has 6 nitrogen and oxygen atoms in total. The molecule has 2 fully saturated rings. The summed E-state index contributed by atoms with van der Waals surface area (Å²) in [6.45, 7) is 6.19. The van der Waals surface area contributed by atoms with Gasteiger partial charge in [-0.15, -0.1) is 11.3 Å². The van der Waals surface area contributed by atoms with Gasteiger partial charge in [0.2, 0.25) is 5.91 Å². The maximum atomic E-state index is 13.4. The molecule has 0 radical (unpaired) electrons. The molecule has 28 heavy (non-hydrogen) atoms. The highest BCUT2D eigenvalue weighted by atomic mass is 32.1. The van der Waals surface area contributed by atoms with E-state index < -0.39 is 0 Å². The fourth-order valence-corrected chi connectivity index (χ4v) is 5.45. The predicted molar refractivity (Wildman–Crippen MR) is 109 cm³/mol. The summed E-state index contributed by atoms with van der Waals surface area (Å²) in [6, 6.07) is 3.88. The van der Waals surface area contributed by atoms with Crippen molar-refractivity contribution in [2.24, 2.45) is 13.0 Å². The molecule has 150 valence electrons. The number of aryl methyl sites for hydroxylation is 2. The second kappa shape index (κ2) is 7.70. The molecule has 2 saturated heterocycles. The maximum Gasteiger partial charge on any atom is 0.263 e. The quantitative estimate of drug-likeness (QED) is 0.794. The average molecular weight is 401 g/mol. The van der Waals surface area contributed by atoms with E-state index in [1.807, 2.05) is 41.1 Å². The minimum Gasteiger partial charge on any atom is -0.337 e. The van der Waals surface area contributed by atoms with Gasteiger partial charge in [-0.25, -0.2) is 0 Å². The molecule has 2 aromatic rings. The van der Waals surface area contributed by atoms with Crippen LogP contribution in [-0.2, 0) is 11.8 Å². The Hall–Kier alpha value is -2.15. The van der Waals surface area contributed by atoms with Crippen LogP contribution < -0.4 is 0 Å². The van der Waals surface area contributed by atoms with Crippen molar-refractivity contribution in [2.75, 3.05) is 19.6 Å². The number of carbonyl (C=O) groups excluding carboxylic acids is 2. The molecule has 2 unspecified atom stereocenters. The van der Waals surface area contributed by atoms with Crippen LogP contribution in [0.15, 0.2) is 17.5 Å². The highest BCUT2D eigenvalue weighted by Gasteiger charge is 2.38. The summed E-state index contributed by atoms with van der Waals surface area (Å²) in [5.41, 5.74) is 3.36. The van der Waals surface area contributed by atoms with E-state index >= 15 is 0 Å². The van der Waals surface area contributed by atoms with E-state index in [0.717, 1.165) is 55.0 Å². The van der Waals surface area contributed by atoms with E-state index in [4.69, 9.17) is 0 Å². The molecule has 2 amide bonds. The minimum absolute atomic E-state index is 0.0596. The third-order valence-corrected chi connectivity index (χ3v) is 7.08. The lowest BCUT2D eigenvalue weighted by Gasteiger charge is -2.35. The van der Waals surface area contributed by atoms with Crippen LogP contribution >= 0.6 is 11.3 Å². The fourth-order valence-electron chi connectivity index (χ4n) is 4.76. The van der Waals surface area contributed by atoms with Crippen LogP contribution in [0, 0.1) is 19.8 Å². The van der Waals surface area contributed by atoms with Gasteiger partial charge in [-0.05, 0) is 51.0 Å². The van der Waals surface area contributed by atoms with E-state index in [1.165, 1.54) is 16.9 Å². The minimum atomic E-state index is -0.101. The van der Waals surface area contributed by atoms with Gasteiger partial charge in [0.25, 0.3) is 5.91 Å². The van der Waals surface area contributed by atoms with Crippen molar-refractivity contribution in [1.82, 2.24) is 19.6 Å². The summed E-state index contributed by atoms with van der Waals surface area (Å²) >= 11 is 1.47. The van der Waals surface area contributed by atoms with Gasteiger partial charge in [-0.1, -0.05) is 6.07 Å². The number of rotatable bonds is 3. The Balaban J connectivity index is 1.51. The molecule has 0 saturated carbocycles. The first-order valence-electron chi connectivity index (χ1n) is 10.1. The van der Waals surface area contributed by atoms with Gasteiger partial charge in [-0.2, -0.15) is 5.10 Å². The van der Waals surface area contributed by atoms with Crippen LogP contribution in [0.1, 0.15) is 58.3 Å². The molecule has 0 spiro atoms. The second-order valence-electron chi connectivity index (χ2n) is 7.97. The van der Waals surface area contributed by atoms with Gasteiger partial charge in [-0.3, -0.25) is 14.3 Å². The van der Waals surface area contributed by atoms with Gasteiger partial charge in [0.1, 0.15) is 0 Å². The van der Waals surface area contributed by atoms with Gasteiger partial charge < -0.3 is 9.80 Å². The summed E-state index contributed by atoms with van der Waals surface area (Å²) in [6.07, 6.45) is 3.76. The summed E-state index contributed by atoms with van der Waals surface area (Å²) in [7, 11) is 1.96. The number of piperidine rings is 1. The standard InChI is InChI=1S/C21H28N4O2S/c1-14-19(15(2)23(3)22-14)17-8-5-11-25(17)20(26)16-7-4-10-24(13-16)21(27)18-9-6-12-28-18/h6,9,12,16-17H,4-5,7-8,10-11,13H2,1-3H3. The summed E-state index contributed by atoms with van der Waals surface area (Å²) in [5.74, 6) is 0.161. The maximum absolute atomic E-state index is 13.4. The Kier molecular flexibility index (Phi) is 5.27. The number of amides is 2. The molecular formula is C21H28N4O2S. The number of thiophene rings is 1. The topological polar surface area (TPSA) is 58.4 Å². The fraction of sp³-hybridized carbons (Fsp3) is 0.571. The molecule has 0 N–H and O–H groups in total. The lowest BCUT2D eigenvalue weighted by atomic mass is 9.95. The van der Waals surface area contributed by atoms with Crippen molar-refractivity contribution in [1.29, 1.82) is 0 Å². The van der Waals surface area contributed by atoms with Crippen molar-refractivity contribution >= 4 is 23.2 Å². The summed E-state index contributed by atoms with van der Waals surface area (Å²) < 4.78 is 1.91.